The summed E-state index contributed by atoms with van der Waals surface area (Å²) in [6.45, 7) is 3.51. The highest BCUT2D eigenvalue weighted by atomic mass is 19.4. The fraction of sp³-hybridized carbons (Fsp3) is 0.417. The average Bonchev–Trinajstić information content (AvgIpc) is 2.27. The first-order valence-corrected chi connectivity index (χ1v) is 5.48. The number of amidine groups is 1. The molecule has 3 nitrogen and oxygen atoms in total. The molecule has 1 rings (SSSR count). The Bertz CT molecular complexity index is 443. The number of benzene rings is 1. The van der Waals surface area contributed by atoms with Crippen molar-refractivity contribution in [2.45, 2.75) is 32.5 Å². The van der Waals surface area contributed by atoms with Gasteiger partial charge in [-0.1, -0.05) is 6.92 Å². The van der Waals surface area contributed by atoms with Gasteiger partial charge in [0.05, 0.1) is 11.7 Å². The normalized spacial score (nSPS) is 13.2. The Morgan fingerprint density at radius 2 is 2.06 bits per heavy atom. The van der Waals surface area contributed by atoms with Gasteiger partial charge >= 0.3 is 6.18 Å². The molecular weight excluding hydrogens is 245 g/mol. The quantitative estimate of drug-likeness (QED) is 0.645. The molecule has 0 aliphatic heterocycles. The lowest BCUT2D eigenvalue weighted by Crippen LogP contribution is -2.17. The van der Waals surface area contributed by atoms with Gasteiger partial charge in [0.2, 0.25) is 0 Å². The van der Waals surface area contributed by atoms with Crippen LogP contribution >= 0.6 is 0 Å². The van der Waals surface area contributed by atoms with Gasteiger partial charge in [-0.25, -0.2) is 0 Å². The zero-order valence-corrected chi connectivity index (χ0v) is 10.1. The van der Waals surface area contributed by atoms with E-state index in [9.17, 15) is 13.2 Å². The highest BCUT2D eigenvalue weighted by Gasteiger charge is 2.35. The van der Waals surface area contributed by atoms with Crippen molar-refractivity contribution in [1.82, 2.24) is 0 Å². The van der Waals surface area contributed by atoms with Gasteiger partial charge in [0, 0.05) is 5.56 Å². The number of halogens is 3. The molecule has 0 aliphatic rings. The summed E-state index contributed by atoms with van der Waals surface area (Å²) in [6, 6.07) is 3.38. The van der Waals surface area contributed by atoms with Gasteiger partial charge in [-0.3, -0.25) is 5.41 Å². The van der Waals surface area contributed by atoms with Crippen LogP contribution in [-0.4, -0.2) is 11.9 Å². The highest BCUT2D eigenvalue weighted by Crippen LogP contribution is 2.37. The molecule has 0 bridgehead atoms. The Hall–Kier alpha value is -1.72. The van der Waals surface area contributed by atoms with E-state index in [2.05, 4.69) is 0 Å². The van der Waals surface area contributed by atoms with Crippen molar-refractivity contribution < 1.29 is 17.9 Å². The fourth-order valence-electron chi connectivity index (χ4n) is 1.32. The van der Waals surface area contributed by atoms with Crippen LogP contribution in [0.2, 0.25) is 0 Å². The summed E-state index contributed by atoms with van der Waals surface area (Å²) in [6.07, 6.45) is -4.24. The molecule has 1 aromatic carbocycles. The molecule has 1 aromatic rings. The topological polar surface area (TPSA) is 59.1 Å². The maximum atomic E-state index is 12.9. The van der Waals surface area contributed by atoms with E-state index in [1.54, 1.807) is 6.92 Å². The molecule has 0 saturated heterocycles. The third-order valence-corrected chi connectivity index (χ3v) is 2.50. The van der Waals surface area contributed by atoms with Crippen molar-refractivity contribution in [2.75, 3.05) is 0 Å². The number of nitrogens with one attached hydrogen (secondary N) is 1. The zero-order valence-electron chi connectivity index (χ0n) is 10.1. The van der Waals surface area contributed by atoms with Gasteiger partial charge in [-0.2, -0.15) is 13.2 Å². The van der Waals surface area contributed by atoms with Gasteiger partial charge in [-0.05, 0) is 31.5 Å². The molecule has 1 atom stereocenters. The van der Waals surface area contributed by atoms with Crippen molar-refractivity contribution in [1.29, 1.82) is 5.41 Å². The SMILES string of the molecule is CCC(C)Oc1ccc(C(=N)N)cc1C(F)(F)F. The molecule has 3 N–H and O–H groups in total. The molecule has 0 amide bonds. The smallest absolute Gasteiger partial charge is 0.419 e. The largest absolute Gasteiger partial charge is 0.490 e. The van der Waals surface area contributed by atoms with Crippen LogP contribution in [-0.2, 0) is 6.18 Å². The van der Waals surface area contributed by atoms with Crippen LogP contribution in [0.5, 0.6) is 5.75 Å². The second-order valence-electron chi connectivity index (χ2n) is 3.96. The Balaban J connectivity index is 3.21. The Labute approximate surface area is 103 Å². The lowest BCUT2D eigenvalue weighted by molar-refractivity contribution is -0.139. The lowest BCUT2D eigenvalue weighted by atomic mass is 10.1. The van der Waals surface area contributed by atoms with Crippen LogP contribution in [0.15, 0.2) is 18.2 Å². The van der Waals surface area contributed by atoms with E-state index < -0.39 is 17.6 Å². The molecule has 1 unspecified atom stereocenters. The molecule has 0 radical (unpaired) electrons. The fourth-order valence-corrected chi connectivity index (χ4v) is 1.32. The number of nitrogen functional groups attached to an aromatic ring is 1. The third kappa shape index (κ3) is 3.38. The Morgan fingerprint density at radius 3 is 2.50 bits per heavy atom. The third-order valence-electron chi connectivity index (χ3n) is 2.50. The minimum Gasteiger partial charge on any atom is -0.490 e. The molecular formula is C12H15F3N2O. The lowest BCUT2D eigenvalue weighted by Gasteiger charge is -2.18. The maximum Gasteiger partial charge on any atom is 0.419 e. The molecule has 18 heavy (non-hydrogen) atoms. The van der Waals surface area contributed by atoms with Gasteiger partial charge in [0.15, 0.2) is 0 Å². The van der Waals surface area contributed by atoms with Gasteiger partial charge in [0.25, 0.3) is 0 Å². The molecule has 0 heterocycles. The van der Waals surface area contributed by atoms with Gasteiger partial charge < -0.3 is 10.5 Å². The first-order valence-electron chi connectivity index (χ1n) is 5.48. The van der Waals surface area contributed by atoms with Crippen LogP contribution in [0.25, 0.3) is 0 Å². The zero-order chi connectivity index (χ0) is 13.9. The van der Waals surface area contributed by atoms with E-state index in [1.807, 2.05) is 6.92 Å². The Morgan fingerprint density at radius 1 is 1.44 bits per heavy atom. The number of alkyl halides is 3. The van der Waals surface area contributed by atoms with E-state index in [-0.39, 0.29) is 17.4 Å². The Kier molecular flexibility index (Phi) is 4.21. The molecule has 0 aliphatic carbocycles. The summed E-state index contributed by atoms with van der Waals surface area (Å²) in [5.74, 6) is -0.641. The second-order valence-corrected chi connectivity index (χ2v) is 3.96. The van der Waals surface area contributed by atoms with E-state index >= 15 is 0 Å². The number of nitrogens with two attached hydrogens (primary N) is 1. The van der Waals surface area contributed by atoms with Gasteiger partial charge in [-0.15, -0.1) is 0 Å². The van der Waals surface area contributed by atoms with Crippen LogP contribution in [0.3, 0.4) is 0 Å². The second kappa shape index (κ2) is 5.29. The summed E-state index contributed by atoms with van der Waals surface area (Å²) in [5, 5.41) is 7.15. The van der Waals surface area contributed by atoms with E-state index in [1.165, 1.54) is 12.1 Å². The minimum absolute atomic E-state index is 0.0267. The van der Waals surface area contributed by atoms with Crippen LogP contribution in [0, 0.1) is 5.41 Å². The van der Waals surface area contributed by atoms with Crippen molar-refractivity contribution in [3.63, 3.8) is 0 Å². The number of hydrogen-bond acceptors (Lipinski definition) is 2. The summed E-state index contributed by atoms with van der Waals surface area (Å²) >= 11 is 0. The summed E-state index contributed by atoms with van der Waals surface area (Å²) in [5.41, 5.74) is 4.30. The summed E-state index contributed by atoms with van der Waals surface area (Å²) < 4.78 is 43.8. The van der Waals surface area contributed by atoms with Crippen molar-refractivity contribution in [3.05, 3.63) is 29.3 Å². The standard InChI is InChI=1S/C12H15F3N2O/c1-3-7(2)18-10-5-4-8(11(16)17)6-9(10)12(13,14)15/h4-7H,3H2,1-2H3,(H3,16,17). The summed E-state index contributed by atoms with van der Waals surface area (Å²) in [4.78, 5) is 0. The molecule has 0 saturated carbocycles. The predicted octanol–water partition coefficient (Wildman–Crippen LogP) is 3.17. The number of hydrogen-bond donors (Lipinski definition) is 2. The molecule has 0 fully saturated rings. The molecule has 100 valence electrons. The molecule has 6 heteroatoms. The first-order chi connectivity index (χ1) is 8.25. The van der Waals surface area contributed by atoms with Crippen molar-refractivity contribution >= 4 is 5.84 Å². The monoisotopic (exact) mass is 260 g/mol. The summed E-state index contributed by atoms with van der Waals surface area (Å²) in [7, 11) is 0. The van der Waals surface area contributed by atoms with E-state index in [4.69, 9.17) is 15.9 Å². The van der Waals surface area contributed by atoms with Crippen LogP contribution in [0.1, 0.15) is 31.4 Å². The first kappa shape index (κ1) is 14.3. The highest BCUT2D eigenvalue weighted by molar-refractivity contribution is 5.95. The van der Waals surface area contributed by atoms with Gasteiger partial charge in [0.1, 0.15) is 11.6 Å². The average molecular weight is 260 g/mol. The molecule has 0 aromatic heterocycles. The maximum absolute atomic E-state index is 12.9. The minimum atomic E-state index is -4.53. The number of rotatable bonds is 4. The van der Waals surface area contributed by atoms with Crippen molar-refractivity contribution in [3.8, 4) is 5.75 Å². The van der Waals surface area contributed by atoms with E-state index in [0.29, 0.717) is 6.42 Å². The van der Waals surface area contributed by atoms with Crippen LogP contribution < -0.4 is 10.5 Å². The van der Waals surface area contributed by atoms with Crippen LogP contribution in [0.4, 0.5) is 13.2 Å². The number of ether oxygens (including phenoxy) is 1. The predicted molar refractivity (Wildman–Crippen MR) is 62.8 cm³/mol. The van der Waals surface area contributed by atoms with Crippen molar-refractivity contribution in [2.24, 2.45) is 5.73 Å². The molecule has 0 spiro atoms. The van der Waals surface area contributed by atoms with E-state index in [0.717, 1.165) is 6.07 Å².